The first-order chi connectivity index (χ1) is 8.34. The van der Waals surface area contributed by atoms with Crippen LogP contribution in [0, 0.1) is 0 Å². The van der Waals surface area contributed by atoms with Crippen LogP contribution in [0.1, 0.15) is 18.1 Å². The lowest BCUT2D eigenvalue weighted by Crippen LogP contribution is -2.27. The van der Waals surface area contributed by atoms with Crippen LogP contribution in [-0.4, -0.2) is 6.04 Å². The highest BCUT2D eigenvalue weighted by atomic mass is 14.9. The summed E-state index contributed by atoms with van der Waals surface area (Å²) in [5.74, 6) is 0. The van der Waals surface area contributed by atoms with Gasteiger partial charge in [-0.25, -0.2) is 0 Å². The van der Waals surface area contributed by atoms with E-state index in [1.165, 1.54) is 11.1 Å². The standard InChI is InChI=1S/C16H19N/c1-14(12-15-8-4-2-5-9-15)17-13-16-10-6-3-7-11-16/h2-11,14,17H,12-13H2,1H3/t14-/m0/s1. The maximum Gasteiger partial charge on any atom is 0.0208 e. The largest absolute Gasteiger partial charge is 0.310 e. The smallest absolute Gasteiger partial charge is 0.0208 e. The third-order valence-corrected chi connectivity index (χ3v) is 2.88. The van der Waals surface area contributed by atoms with Crippen LogP contribution in [0.5, 0.6) is 0 Å². The van der Waals surface area contributed by atoms with Crippen molar-refractivity contribution in [3.63, 3.8) is 0 Å². The molecule has 0 saturated carbocycles. The molecule has 2 aromatic rings. The van der Waals surface area contributed by atoms with Gasteiger partial charge in [0, 0.05) is 12.6 Å². The molecule has 0 heterocycles. The van der Waals surface area contributed by atoms with Crippen molar-refractivity contribution in [1.82, 2.24) is 5.32 Å². The maximum atomic E-state index is 3.55. The fourth-order valence-corrected chi connectivity index (χ4v) is 1.93. The van der Waals surface area contributed by atoms with Gasteiger partial charge >= 0.3 is 0 Å². The first kappa shape index (κ1) is 11.9. The van der Waals surface area contributed by atoms with Gasteiger partial charge in [-0.05, 0) is 24.5 Å². The average molecular weight is 225 g/mol. The minimum absolute atomic E-state index is 0.498. The molecule has 0 amide bonds. The molecule has 0 saturated heterocycles. The van der Waals surface area contributed by atoms with Crippen molar-refractivity contribution in [1.29, 1.82) is 0 Å². The van der Waals surface area contributed by atoms with E-state index in [0.29, 0.717) is 6.04 Å². The fourth-order valence-electron chi connectivity index (χ4n) is 1.93. The molecule has 0 unspecified atom stereocenters. The summed E-state index contributed by atoms with van der Waals surface area (Å²) in [6, 6.07) is 21.6. The highest BCUT2D eigenvalue weighted by Gasteiger charge is 2.02. The normalized spacial score (nSPS) is 12.3. The van der Waals surface area contributed by atoms with E-state index in [2.05, 4.69) is 72.9 Å². The molecule has 17 heavy (non-hydrogen) atoms. The van der Waals surface area contributed by atoms with Crippen LogP contribution in [-0.2, 0) is 13.0 Å². The van der Waals surface area contributed by atoms with Gasteiger partial charge in [-0.2, -0.15) is 0 Å². The minimum Gasteiger partial charge on any atom is -0.310 e. The Morgan fingerprint density at radius 2 is 1.35 bits per heavy atom. The molecule has 1 nitrogen and oxygen atoms in total. The zero-order chi connectivity index (χ0) is 11.9. The fraction of sp³-hybridized carbons (Fsp3) is 0.250. The van der Waals surface area contributed by atoms with Crippen molar-refractivity contribution in [2.75, 3.05) is 0 Å². The first-order valence-corrected chi connectivity index (χ1v) is 6.16. The molecule has 2 aromatic carbocycles. The molecule has 0 aliphatic heterocycles. The summed E-state index contributed by atoms with van der Waals surface area (Å²) >= 11 is 0. The van der Waals surface area contributed by atoms with Crippen molar-refractivity contribution in [2.24, 2.45) is 0 Å². The van der Waals surface area contributed by atoms with E-state index in [0.717, 1.165) is 13.0 Å². The third-order valence-electron chi connectivity index (χ3n) is 2.88. The van der Waals surface area contributed by atoms with Crippen molar-refractivity contribution >= 4 is 0 Å². The monoisotopic (exact) mass is 225 g/mol. The lowest BCUT2D eigenvalue weighted by molar-refractivity contribution is 0.545. The average Bonchev–Trinajstić information content (AvgIpc) is 2.39. The second-order valence-electron chi connectivity index (χ2n) is 4.46. The maximum absolute atomic E-state index is 3.55. The van der Waals surface area contributed by atoms with Crippen molar-refractivity contribution in [3.8, 4) is 0 Å². The van der Waals surface area contributed by atoms with Gasteiger partial charge in [0.15, 0.2) is 0 Å². The predicted molar refractivity (Wildman–Crippen MR) is 72.9 cm³/mol. The van der Waals surface area contributed by atoms with Crippen molar-refractivity contribution < 1.29 is 0 Å². The number of benzene rings is 2. The Bertz CT molecular complexity index is 422. The molecule has 1 N–H and O–H groups in total. The first-order valence-electron chi connectivity index (χ1n) is 6.16. The van der Waals surface area contributed by atoms with Gasteiger partial charge in [0.2, 0.25) is 0 Å². The number of hydrogen-bond donors (Lipinski definition) is 1. The third kappa shape index (κ3) is 4.04. The van der Waals surface area contributed by atoms with Crippen LogP contribution in [0.25, 0.3) is 0 Å². The van der Waals surface area contributed by atoms with Crippen molar-refractivity contribution in [3.05, 3.63) is 71.8 Å². The Balaban J connectivity index is 1.80. The molecule has 2 rings (SSSR count). The highest BCUT2D eigenvalue weighted by molar-refractivity contribution is 5.16. The Morgan fingerprint density at radius 3 is 1.94 bits per heavy atom. The molecule has 1 atom stereocenters. The Hall–Kier alpha value is -1.60. The van der Waals surface area contributed by atoms with Gasteiger partial charge in [0.25, 0.3) is 0 Å². The molecule has 0 bridgehead atoms. The van der Waals surface area contributed by atoms with Gasteiger partial charge in [-0.1, -0.05) is 60.7 Å². The summed E-state index contributed by atoms with van der Waals surface area (Å²) in [7, 11) is 0. The van der Waals surface area contributed by atoms with Gasteiger partial charge in [-0.3, -0.25) is 0 Å². The van der Waals surface area contributed by atoms with E-state index >= 15 is 0 Å². The summed E-state index contributed by atoms with van der Waals surface area (Å²) in [6.07, 6.45) is 1.08. The zero-order valence-electron chi connectivity index (χ0n) is 10.3. The SMILES string of the molecule is C[C@@H](Cc1ccccc1)NCc1ccccc1. The van der Waals surface area contributed by atoms with Crippen LogP contribution in [0.15, 0.2) is 60.7 Å². The molecule has 88 valence electrons. The van der Waals surface area contributed by atoms with Gasteiger partial charge < -0.3 is 5.32 Å². The van der Waals surface area contributed by atoms with Gasteiger partial charge in [-0.15, -0.1) is 0 Å². The number of rotatable bonds is 5. The topological polar surface area (TPSA) is 12.0 Å². The summed E-state index contributed by atoms with van der Waals surface area (Å²) < 4.78 is 0. The summed E-state index contributed by atoms with van der Waals surface area (Å²) in [5.41, 5.74) is 2.73. The van der Waals surface area contributed by atoms with E-state index < -0.39 is 0 Å². The predicted octanol–water partition coefficient (Wildman–Crippen LogP) is 3.41. The van der Waals surface area contributed by atoms with Crippen LogP contribution >= 0.6 is 0 Å². The molecule has 0 fully saturated rings. The lowest BCUT2D eigenvalue weighted by Gasteiger charge is -2.13. The summed E-state index contributed by atoms with van der Waals surface area (Å²) in [6.45, 7) is 3.17. The van der Waals surface area contributed by atoms with Gasteiger partial charge in [0.1, 0.15) is 0 Å². The van der Waals surface area contributed by atoms with Gasteiger partial charge in [0.05, 0.1) is 0 Å². The second kappa shape index (κ2) is 6.21. The zero-order valence-corrected chi connectivity index (χ0v) is 10.3. The lowest BCUT2D eigenvalue weighted by atomic mass is 10.1. The summed E-state index contributed by atoms with van der Waals surface area (Å²) in [4.78, 5) is 0. The Labute approximate surface area is 103 Å². The van der Waals surface area contributed by atoms with E-state index in [-0.39, 0.29) is 0 Å². The summed E-state index contributed by atoms with van der Waals surface area (Å²) in [5, 5.41) is 3.55. The molecular weight excluding hydrogens is 206 g/mol. The van der Waals surface area contributed by atoms with E-state index in [4.69, 9.17) is 0 Å². The molecular formula is C16H19N. The van der Waals surface area contributed by atoms with E-state index in [1.54, 1.807) is 0 Å². The van der Waals surface area contributed by atoms with E-state index in [1.807, 2.05) is 0 Å². The minimum atomic E-state index is 0.498. The number of nitrogens with one attached hydrogen (secondary N) is 1. The second-order valence-corrected chi connectivity index (χ2v) is 4.46. The highest BCUT2D eigenvalue weighted by Crippen LogP contribution is 2.04. The van der Waals surface area contributed by atoms with E-state index in [9.17, 15) is 0 Å². The molecule has 1 heteroatoms. The molecule has 0 aliphatic rings. The quantitative estimate of drug-likeness (QED) is 0.822. The number of hydrogen-bond acceptors (Lipinski definition) is 1. The Kier molecular flexibility index (Phi) is 4.34. The van der Waals surface area contributed by atoms with Crippen molar-refractivity contribution in [2.45, 2.75) is 25.9 Å². The molecule has 0 radical (unpaired) electrons. The molecule has 0 aliphatic carbocycles. The molecule has 0 spiro atoms. The van der Waals surface area contributed by atoms with Crippen LogP contribution in [0.2, 0.25) is 0 Å². The molecule has 0 aromatic heterocycles. The van der Waals surface area contributed by atoms with Crippen LogP contribution < -0.4 is 5.32 Å². The van der Waals surface area contributed by atoms with Crippen LogP contribution in [0.3, 0.4) is 0 Å². The van der Waals surface area contributed by atoms with Crippen LogP contribution in [0.4, 0.5) is 0 Å². The Morgan fingerprint density at radius 1 is 0.824 bits per heavy atom.